The van der Waals surface area contributed by atoms with Gasteiger partial charge in [-0.1, -0.05) is 67.6 Å². The summed E-state index contributed by atoms with van der Waals surface area (Å²) in [6.07, 6.45) is 4.59. The second-order valence-electron chi connectivity index (χ2n) is 12.9. The van der Waals surface area contributed by atoms with Gasteiger partial charge >= 0.3 is 0 Å². The van der Waals surface area contributed by atoms with Crippen molar-refractivity contribution in [2.45, 2.75) is 55.0 Å². The van der Waals surface area contributed by atoms with Gasteiger partial charge < -0.3 is 19.3 Å². The molecule has 0 spiro atoms. The highest BCUT2D eigenvalue weighted by atomic mass is 32.2. The van der Waals surface area contributed by atoms with E-state index in [1.807, 2.05) is 12.1 Å². The van der Waals surface area contributed by atoms with Crippen molar-refractivity contribution < 1.29 is 14.3 Å². The molecule has 0 amide bonds. The number of benzene rings is 3. The van der Waals surface area contributed by atoms with Crippen LogP contribution in [0.2, 0.25) is 0 Å². The molecule has 2 heterocycles. The Balaban J connectivity index is 1.68. The highest BCUT2D eigenvalue weighted by Gasteiger charge is 2.49. The van der Waals surface area contributed by atoms with E-state index < -0.39 is 5.54 Å². The molecule has 0 aromatic heterocycles. The first-order valence-corrected chi connectivity index (χ1v) is 17.7. The molecule has 7 heteroatoms. The third-order valence-corrected chi connectivity index (χ3v) is 11.1. The SMILES string of the molecule is CCC(Cc1ccccc1)(C(CC(C)(C(=O)c1ccc(SC)cc1)N1CCOCC1)c1ccccc1N1CCOCC1)N(C)C. The number of carbonyl (C=O) groups excluding carboxylic acids is 1. The van der Waals surface area contributed by atoms with E-state index >= 15 is 0 Å². The van der Waals surface area contributed by atoms with Gasteiger partial charge in [0.2, 0.25) is 0 Å². The standard InChI is InChI=1S/C38H51N3O3S/c1-6-38(39(3)4,28-30-12-8-7-9-13-30)34(33-14-10-11-15-35(33)40-20-24-43-25-21-40)29-37(2,41-22-26-44-27-23-41)36(42)31-16-18-32(45-5)19-17-31/h7-19,34H,6,20-29H2,1-5H3. The summed E-state index contributed by atoms with van der Waals surface area (Å²) in [4.78, 5) is 23.4. The summed E-state index contributed by atoms with van der Waals surface area (Å²) < 4.78 is 11.6. The van der Waals surface area contributed by atoms with Gasteiger partial charge in [0.1, 0.15) is 0 Å². The number of thioether (sulfide) groups is 1. The lowest BCUT2D eigenvalue weighted by Crippen LogP contribution is -2.60. The lowest BCUT2D eigenvalue weighted by Gasteiger charge is -2.52. The van der Waals surface area contributed by atoms with E-state index in [1.54, 1.807) is 11.8 Å². The molecule has 3 atom stereocenters. The van der Waals surface area contributed by atoms with Crippen LogP contribution in [0.15, 0.2) is 83.8 Å². The highest BCUT2D eigenvalue weighted by molar-refractivity contribution is 7.98. The first-order valence-electron chi connectivity index (χ1n) is 16.5. The monoisotopic (exact) mass is 629 g/mol. The number of hydrogen-bond donors (Lipinski definition) is 0. The van der Waals surface area contributed by atoms with Gasteiger partial charge in [-0.3, -0.25) is 9.69 Å². The number of ketones is 1. The molecule has 2 aliphatic heterocycles. The number of carbonyl (C=O) groups is 1. The Hall–Kier alpha value is -2.68. The molecule has 3 aromatic rings. The first kappa shape index (κ1) is 33.7. The van der Waals surface area contributed by atoms with Crippen LogP contribution in [0.1, 0.15) is 54.1 Å². The predicted octanol–water partition coefficient (Wildman–Crippen LogP) is 6.65. The van der Waals surface area contributed by atoms with E-state index in [0.29, 0.717) is 19.6 Å². The van der Waals surface area contributed by atoms with Crippen molar-refractivity contribution in [3.8, 4) is 0 Å². The summed E-state index contributed by atoms with van der Waals surface area (Å²) in [7, 11) is 4.46. The van der Waals surface area contributed by atoms with Crippen molar-refractivity contribution in [2.24, 2.45) is 0 Å². The number of anilines is 1. The Labute approximate surface area is 275 Å². The molecule has 45 heavy (non-hydrogen) atoms. The minimum absolute atomic E-state index is 0.0546. The smallest absolute Gasteiger partial charge is 0.182 e. The maximum atomic E-state index is 14.9. The van der Waals surface area contributed by atoms with Crippen LogP contribution in [-0.4, -0.2) is 99.6 Å². The average molecular weight is 630 g/mol. The number of ether oxygens (including phenoxy) is 2. The Morgan fingerprint density at radius 3 is 2.07 bits per heavy atom. The zero-order chi connectivity index (χ0) is 31.9. The molecule has 5 rings (SSSR count). The van der Waals surface area contributed by atoms with Gasteiger partial charge in [0.05, 0.1) is 32.0 Å². The summed E-state index contributed by atoms with van der Waals surface area (Å²) in [5.41, 5.74) is 3.68. The van der Waals surface area contributed by atoms with Crippen molar-refractivity contribution in [2.75, 3.05) is 77.9 Å². The lowest BCUT2D eigenvalue weighted by atomic mass is 9.66. The van der Waals surface area contributed by atoms with Crippen LogP contribution < -0.4 is 4.90 Å². The van der Waals surface area contributed by atoms with Gasteiger partial charge in [0.25, 0.3) is 0 Å². The minimum Gasteiger partial charge on any atom is -0.379 e. The minimum atomic E-state index is -0.736. The molecule has 2 saturated heterocycles. The van der Waals surface area contributed by atoms with Crippen LogP contribution in [-0.2, 0) is 15.9 Å². The van der Waals surface area contributed by atoms with E-state index in [1.165, 1.54) is 16.8 Å². The maximum Gasteiger partial charge on any atom is 0.182 e. The Bertz CT molecular complexity index is 1370. The van der Waals surface area contributed by atoms with E-state index in [-0.39, 0.29) is 17.2 Å². The second kappa shape index (κ2) is 15.3. The molecule has 0 aliphatic carbocycles. The fourth-order valence-electron chi connectivity index (χ4n) is 7.57. The maximum absolute atomic E-state index is 14.9. The molecule has 242 valence electrons. The number of Topliss-reactive ketones (excluding diaryl/α,β-unsaturated/α-hetero) is 1. The van der Waals surface area contributed by atoms with Crippen LogP contribution in [0.5, 0.6) is 0 Å². The van der Waals surface area contributed by atoms with Crippen molar-refractivity contribution in [1.82, 2.24) is 9.80 Å². The molecule has 0 bridgehead atoms. The van der Waals surface area contributed by atoms with E-state index in [4.69, 9.17) is 9.47 Å². The molecular weight excluding hydrogens is 579 g/mol. The Morgan fingerprint density at radius 2 is 1.47 bits per heavy atom. The molecule has 0 saturated carbocycles. The summed E-state index contributed by atoms with van der Waals surface area (Å²) in [6, 6.07) is 28.0. The molecule has 0 N–H and O–H groups in total. The van der Waals surface area contributed by atoms with Gasteiger partial charge in [0.15, 0.2) is 5.78 Å². The van der Waals surface area contributed by atoms with Gasteiger partial charge in [0, 0.05) is 53.8 Å². The van der Waals surface area contributed by atoms with Crippen molar-refractivity contribution in [3.05, 3.63) is 95.6 Å². The molecule has 2 aliphatic rings. The second-order valence-corrected chi connectivity index (χ2v) is 13.7. The van der Waals surface area contributed by atoms with Crippen LogP contribution in [0, 0.1) is 0 Å². The van der Waals surface area contributed by atoms with Crippen molar-refractivity contribution in [1.29, 1.82) is 0 Å². The van der Waals surface area contributed by atoms with E-state index in [0.717, 1.165) is 62.7 Å². The summed E-state index contributed by atoms with van der Waals surface area (Å²) in [5, 5.41) is 0. The zero-order valence-corrected chi connectivity index (χ0v) is 28.7. The fourth-order valence-corrected chi connectivity index (χ4v) is 7.98. The number of rotatable bonds is 13. The summed E-state index contributed by atoms with van der Waals surface area (Å²) in [5.74, 6) is 0.244. The quantitative estimate of drug-likeness (QED) is 0.155. The van der Waals surface area contributed by atoms with Gasteiger partial charge in [-0.25, -0.2) is 0 Å². The third kappa shape index (κ3) is 7.34. The lowest BCUT2D eigenvalue weighted by molar-refractivity contribution is -0.0215. The molecule has 3 aromatic carbocycles. The van der Waals surface area contributed by atoms with Crippen LogP contribution >= 0.6 is 11.8 Å². The Kier molecular flexibility index (Phi) is 11.4. The van der Waals surface area contributed by atoms with E-state index in [2.05, 4.69) is 116 Å². The zero-order valence-electron chi connectivity index (χ0n) is 27.8. The Morgan fingerprint density at radius 1 is 0.867 bits per heavy atom. The average Bonchev–Trinajstić information content (AvgIpc) is 3.10. The summed E-state index contributed by atoms with van der Waals surface area (Å²) in [6.45, 7) is 10.5. The van der Waals surface area contributed by atoms with Crippen LogP contribution in [0.4, 0.5) is 5.69 Å². The van der Waals surface area contributed by atoms with Gasteiger partial charge in [-0.05, 0) is 75.9 Å². The van der Waals surface area contributed by atoms with Crippen molar-refractivity contribution >= 4 is 23.2 Å². The third-order valence-electron chi connectivity index (χ3n) is 10.3. The number of nitrogens with zero attached hydrogens (tertiary/aromatic N) is 3. The molecule has 3 unspecified atom stereocenters. The fraction of sp³-hybridized carbons (Fsp3) is 0.500. The van der Waals surface area contributed by atoms with Gasteiger partial charge in [-0.15, -0.1) is 11.8 Å². The molecule has 2 fully saturated rings. The predicted molar refractivity (Wildman–Crippen MR) is 187 cm³/mol. The normalized spacial score (nSPS) is 19.6. The van der Waals surface area contributed by atoms with Crippen LogP contribution in [0.25, 0.3) is 0 Å². The number of morpholine rings is 2. The highest BCUT2D eigenvalue weighted by Crippen LogP contribution is 2.47. The first-order chi connectivity index (χ1) is 21.8. The molecular formula is C38H51N3O3S. The molecule has 0 radical (unpaired) electrons. The largest absolute Gasteiger partial charge is 0.379 e. The van der Waals surface area contributed by atoms with E-state index in [9.17, 15) is 4.79 Å². The number of para-hydroxylation sites is 1. The number of hydrogen-bond acceptors (Lipinski definition) is 7. The number of likely N-dealkylation sites (N-methyl/N-ethyl adjacent to an activating group) is 1. The van der Waals surface area contributed by atoms with Crippen LogP contribution in [0.3, 0.4) is 0 Å². The topological polar surface area (TPSA) is 45.3 Å². The molecule has 6 nitrogen and oxygen atoms in total. The van der Waals surface area contributed by atoms with Crippen molar-refractivity contribution in [3.63, 3.8) is 0 Å². The van der Waals surface area contributed by atoms with Gasteiger partial charge in [-0.2, -0.15) is 0 Å². The summed E-state index contributed by atoms with van der Waals surface area (Å²) >= 11 is 1.70.